The Morgan fingerprint density at radius 3 is 2.20 bits per heavy atom. The molecule has 0 radical (unpaired) electrons. The second-order valence-electron chi connectivity index (χ2n) is 5.97. The predicted molar refractivity (Wildman–Crippen MR) is 87.6 cm³/mol. The molecule has 0 aliphatic carbocycles. The summed E-state index contributed by atoms with van der Waals surface area (Å²) in [6.45, 7) is 12.0. The zero-order valence-corrected chi connectivity index (χ0v) is 13.8. The van der Waals surface area contributed by atoms with Crippen LogP contribution >= 0.6 is 0 Å². The van der Waals surface area contributed by atoms with E-state index in [1.165, 1.54) is 12.0 Å². The van der Waals surface area contributed by atoms with Crippen molar-refractivity contribution in [2.45, 2.75) is 71.9 Å². The highest BCUT2D eigenvalue weighted by atomic mass is 16.5. The normalized spacial score (nSPS) is 14.3. The first-order chi connectivity index (χ1) is 9.56. The third-order valence-corrected chi connectivity index (χ3v) is 3.73. The van der Waals surface area contributed by atoms with E-state index in [4.69, 9.17) is 4.74 Å². The molecule has 0 fully saturated rings. The molecule has 2 nitrogen and oxygen atoms in total. The average Bonchev–Trinajstić information content (AvgIpc) is 2.45. The Kier molecular flexibility index (Phi) is 7.68. The van der Waals surface area contributed by atoms with E-state index >= 15 is 0 Å². The second kappa shape index (κ2) is 9.02. The maximum absolute atomic E-state index is 6.11. The minimum atomic E-state index is 0.261. The topological polar surface area (TPSA) is 21.3 Å². The number of nitrogens with one attached hydrogen (secondary N) is 1. The van der Waals surface area contributed by atoms with Gasteiger partial charge in [-0.1, -0.05) is 53.2 Å². The molecule has 0 bridgehead atoms. The van der Waals surface area contributed by atoms with E-state index in [1.54, 1.807) is 0 Å². The summed E-state index contributed by atoms with van der Waals surface area (Å²) in [6, 6.07) is 9.12. The van der Waals surface area contributed by atoms with Gasteiger partial charge in [-0.2, -0.15) is 0 Å². The van der Waals surface area contributed by atoms with Crippen molar-refractivity contribution in [2.75, 3.05) is 6.54 Å². The number of benzene rings is 1. The van der Waals surface area contributed by atoms with Crippen LogP contribution in [0, 0.1) is 0 Å². The summed E-state index contributed by atoms with van der Waals surface area (Å²) in [4.78, 5) is 0. The molecular weight excluding hydrogens is 246 g/mol. The molecule has 20 heavy (non-hydrogen) atoms. The molecule has 0 heterocycles. The van der Waals surface area contributed by atoms with E-state index in [-0.39, 0.29) is 6.10 Å². The summed E-state index contributed by atoms with van der Waals surface area (Å²) >= 11 is 0. The Balaban J connectivity index is 2.59. The summed E-state index contributed by atoms with van der Waals surface area (Å²) in [7, 11) is 0. The fraction of sp³-hybridized carbons (Fsp3) is 0.667. The Labute approximate surface area is 124 Å². The third kappa shape index (κ3) is 5.96. The lowest BCUT2D eigenvalue weighted by Crippen LogP contribution is -2.35. The van der Waals surface area contributed by atoms with Crippen molar-refractivity contribution in [1.82, 2.24) is 5.32 Å². The van der Waals surface area contributed by atoms with Gasteiger partial charge >= 0.3 is 0 Å². The molecule has 0 saturated carbocycles. The van der Waals surface area contributed by atoms with E-state index in [1.807, 2.05) is 0 Å². The van der Waals surface area contributed by atoms with E-state index < -0.39 is 0 Å². The van der Waals surface area contributed by atoms with Gasteiger partial charge in [0, 0.05) is 12.6 Å². The van der Waals surface area contributed by atoms with Crippen LogP contribution in [0.5, 0.6) is 5.75 Å². The molecule has 2 atom stereocenters. The van der Waals surface area contributed by atoms with Gasteiger partial charge in [-0.25, -0.2) is 0 Å². The Bertz CT molecular complexity index is 358. The predicted octanol–water partition coefficient (Wildman–Crippen LogP) is 4.75. The molecule has 2 unspecified atom stereocenters. The zero-order chi connectivity index (χ0) is 15.0. The molecule has 1 rings (SSSR count). The van der Waals surface area contributed by atoms with Gasteiger partial charge in [0.05, 0.1) is 0 Å². The molecule has 0 aliphatic heterocycles. The van der Waals surface area contributed by atoms with Crippen molar-refractivity contribution in [2.24, 2.45) is 0 Å². The molecule has 0 amide bonds. The van der Waals surface area contributed by atoms with Crippen molar-refractivity contribution >= 4 is 0 Å². The van der Waals surface area contributed by atoms with Crippen LogP contribution < -0.4 is 10.1 Å². The van der Waals surface area contributed by atoms with Gasteiger partial charge in [0.2, 0.25) is 0 Å². The standard InChI is InChI=1S/C18H31NO/c1-6-8-18(13-19-14(3)4)20-17-11-9-16(10-12-17)15(5)7-2/h9-12,14-15,18-19H,6-8,13H2,1-5H3. The van der Waals surface area contributed by atoms with Crippen LogP contribution in [0.25, 0.3) is 0 Å². The fourth-order valence-corrected chi connectivity index (χ4v) is 2.19. The van der Waals surface area contributed by atoms with E-state index in [0.717, 1.165) is 25.1 Å². The van der Waals surface area contributed by atoms with Crippen LogP contribution in [-0.4, -0.2) is 18.7 Å². The number of hydrogen-bond donors (Lipinski definition) is 1. The van der Waals surface area contributed by atoms with E-state index in [0.29, 0.717) is 12.0 Å². The highest BCUT2D eigenvalue weighted by Crippen LogP contribution is 2.22. The molecule has 0 aliphatic rings. The van der Waals surface area contributed by atoms with Gasteiger partial charge in [0.25, 0.3) is 0 Å². The van der Waals surface area contributed by atoms with Gasteiger partial charge in [-0.05, 0) is 36.5 Å². The van der Waals surface area contributed by atoms with E-state index in [9.17, 15) is 0 Å². The van der Waals surface area contributed by atoms with Crippen molar-refractivity contribution < 1.29 is 4.74 Å². The summed E-state index contributed by atoms with van der Waals surface area (Å²) in [6.07, 6.45) is 3.68. The lowest BCUT2D eigenvalue weighted by Gasteiger charge is -2.21. The Hall–Kier alpha value is -1.02. The van der Waals surface area contributed by atoms with Crippen LogP contribution in [0.3, 0.4) is 0 Å². The fourth-order valence-electron chi connectivity index (χ4n) is 2.19. The number of hydrogen-bond acceptors (Lipinski definition) is 2. The van der Waals surface area contributed by atoms with Crippen molar-refractivity contribution in [3.63, 3.8) is 0 Å². The quantitative estimate of drug-likeness (QED) is 0.703. The molecule has 1 aromatic rings. The molecule has 1 N–H and O–H groups in total. The van der Waals surface area contributed by atoms with Crippen LogP contribution in [0.15, 0.2) is 24.3 Å². The average molecular weight is 277 g/mol. The lowest BCUT2D eigenvalue weighted by molar-refractivity contribution is 0.183. The molecule has 1 aromatic carbocycles. The van der Waals surface area contributed by atoms with Crippen LogP contribution in [0.2, 0.25) is 0 Å². The minimum absolute atomic E-state index is 0.261. The minimum Gasteiger partial charge on any atom is -0.489 e. The van der Waals surface area contributed by atoms with Crippen molar-refractivity contribution in [3.8, 4) is 5.75 Å². The van der Waals surface area contributed by atoms with Crippen molar-refractivity contribution in [1.29, 1.82) is 0 Å². The first-order valence-electron chi connectivity index (χ1n) is 8.06. The Morgan fingerprint density at radius 1 is 1.05 bits per heavy atom. The van der Waals surface area contributed by atoms with Gasteiger partial charge in [-0.3, -0.25) is 0 Å². The second-order valence-corrected chi connectivity index (χ2v) is 5.97. The molecule has 0 spiro atoms. The summed E-state index contributed by atoms with van der Waals surface area (Å²) in [5.41, 5.74) is 1.40. The maximum Gasteiger partial charge on any atom is 0.119 e. The van der Waals surface area contributed by atoms with Gasteiger partial charge < -0.3 is 10.1 Å². The third-order valence-electron chi connectivity index (χ3n) is 3.73. The van der Waals surface area contributed by atoms with Gasteiger partial charge in [-0.15, -0.1) is 0 Å². The van der Waals surface area contributed by atoms with E-state index in [2.05, 4.69) is 64.2 Å². The van der Waals surface area contributed by atoms with Crippen LogP contribution in [-0.2, 0) is 0 Å². The molecule has 0 aromatic heterocycles. The molecule has 2 heteroatoms. The molecule has 114 valence electrons. The smallest absolute Gasteiger partial charge is 0.119 e. The Morgan fingerprint density at radius 2 is 1.70 bits per heavy atom. The lowest BCUT2D eigenvalue weighted by atomic mass is 9.99. The highest BCUT2D eigenvalue weighted by Gasteiger charge is 2.10. The molecular formula is C18H31NO. The summed E-state index contributed by atoms with van der Waals surface area (Å²) < 4.78 is 6.11. The zero-order valence-electron chi connectivity index (χ0n) is 13.8. The van der Waals surface area contributed by atoms with Crippen molar-refractivity contribution in [3.05, 3.63) is 29.8 Å². The van der Waals surface area contributed by atoms with Crippen LogP contribution in [0.4, 0.5) is 0 Å². The highest BCUT2D eigenvalue weighted by molar-refractivity contribution is 5.29. The summed E-state index contributed by atoms with van der Waals surface area (Å²) in [5.74, 6) is 1.61. The number of rotatable bonds is 9. The monoisotopic (exact) mass is 277 g/mol. The van der Waals surface area contributed by atoms with Crippen LogP contribution in [0.1, 0.15) is 65.4 Å². The number of ether oxygens (including phenoxy) is 1. The van der Waals surface area contributed by atoms with Gasteiger partial charge in [0.15, 0.2) is 0 Å². The maximum atomic E-state index is 6.11. The first-order valence-corrected chi connectivity index (χ1v) is 8.06. The van der Waals surface area contributed by atoms with Gasteiger partial charge in [0.1, 0.15) is 11.9 Å². The first kappa shape index (κ1) is 17.0. The largest absolute Gasteiger partial charge is 0.489 e. The molecule has 0 saturated heterocycles. The summed E-state index contributed by atoms with van der Waals surface area (Å²) in [5, 5.41) is 3.46. The SMILES string of the molecule is CCCC(CNC(C)C)Oc1ccc(C(C)CC)cc1.